The van der Waals surface area contributed by atoms with Gasteiger partial charge in [0, 0.05) is 29.8 Å². The van der Waals surface area contributed by atoms with Gasteiger partial charge in [-0.15, -0.1) is 0 Å². The highest BCUT2D eigenvalue weighted by atomic mass is 35.5. The number of nitrogens with zero attached hydrogens (tertiary/aromatic N) is 2. The van der Waals surface area contributed by atoms with Crippen molar-refractivity contribution in [2.24, 2.45) is 11.8 Å². The van der Waals surface area contributed by atoms with Crippen LogP contribution in [0.3, 0.4) is 0 Å². The van der Waals surface area contributed by atoms with Gasteiger partial charge in [-0.05, 0) is 57.0 Å². The Labute approximate surface area is 235 Å². The van der Waals surface area contributed by atoms with Gasteiger partial charge in [0.05, 0.1) is 17.9 Å². The van der Waals surface area contributed by atoms with E-state index in [-0.39, 0.29) is 23.8 Å². The summed E-state index contributed by atoms with van der Waals surface area (Å²) in [6.45, 7) is 3.19. The summed E-state index contributed by atoms with van der Waals surface area (Å²) >= 11 is 6.13. The molecule has 1 aromatic carbocycles. The number of fused-ring (bicyclic) bond motifs is 1. The monoisotopic (exact) mass is 554 g/mol. The van der Waals surface area contributed by atoms with Gasteiger partial charge < -0.3 is 25.2 Å². The molecule has 0 aromatic heterocycles. The maximum Gasteiger partial charge on any atom is 0.246 e. The van der Waals surface area contributed by atoms with Crippen LogP contribution in [0, 0.1) is 11.8 Å². The highest BCUT2D eigenvalue weighted by Gasteiger charge is 2.72. The van der Waals surface area contributed by atoms with Gasteiger partial charge in [-0.3, -0.25) is 14.4 Å². The van der Waals surface area contributed by atoms with Crippen molar-refractivity contribution in [3.63, 3.8) is 0 Å². The maximum atomic E-state index is 14.2. The molecule has 0 unspecified atom stereocenters. The van der Waals surface area contributed by atoms with E-state index in [1.54, 1.807) is 29.2 Å². The lowest BCUT2D eigenvalue weighted by molar-refractivity contribution is -0.141. The Morgan fingerprint density at radius 3 is 2.49 bits per heavy atom. The van der Waals surface area contributed by atoms with E-state index in [0.717, 1.165) is 51.6 Å². The van der Waals surface area contributed by atoms with Crippen LogP contribution in [-0.4, -0.2) is 77.5 Å². The van der Waals surface area contributed by atoms with Gasteiger partial charge in [0.25, 0.3) is 0 Å². The van der Waals surface area contributed by atoms with Crippen molar-refractivity contribution in [3.8, 4) is 0 Å². The summed E-state index contributed by atoms with van der Waals surface area (Å²) in [5, 5.41) is 6.72. The molecule has 0 radical (unpaired) electrons. The lowest BCUT2D eigenvalue weighted by Crippen LogP contribution is -2.57. The zero-order chi connectivity index (χ0) is 27.0. The van der Waals surface area contributed by atoms with Gasteiger partial charge in [0.15, 0.2) is 0 Å². The van der Waals surface area contributed by atoms with Crippen LogP contribution >= 0.6 is 11.6 Å². The van der Waals surface area contributed by atoms with Crippen LogP contribution in [0.1, 0.15) is 57.8 Å². The van der Waals surface area contributed by atoms with E-state index in [2.05, 4.69) is 15.5 Å². The van der Waals surface area contributed by atoms with Crippen molar-refractivity contribution in [1.29, 1.82) is 0 Å². The summed E-state index contributed by atoms with van der Waals surface area (Å²) in [7, 11) is 0. The van der Waals surface area contributed by atoms with E-state index in [1.165, 1.54) is 19.3 Å². The number of ether oxygens (including phenoxy) is 1. The Balaban J connectivity index is 1.26. The molecule has 2 N–H and O–H groups in total. The van der Waals surface area contributed by atoms with Crippen molar-refractivity contribution >= 4 is 35.0 Å². The van der Waals surface area contributed by atoms with Crippen LogP contribution in [0.25, 0.3) is 0 Å². The molecule has 3 amide bonds. The number of nitrogens with one attached hydrogen (secondary N) is 2. The summed E-state index contributed by atoms with van der Waals surface area (Å²) < 4.78 is 6.48. The number of hydrogen-bond donors (Lipinski definition) is 2. The Morgan fingerprint density at radius 1 is 1.00 bits per heavy atom. The number of halogens is 1. The summed E-state index contributed by atoms with van der Waals surface area (Å²) in [4.78, 5) is 45.8. The highest BCUT2D eigenvalue weighted by molar-refractivity contribution is 6.30. The minimum Gasteiger partial charge on any atom is -0.359 e. The molecular formula is C30H39ClN4O4. The number of likely N-dealkylation sites (tertiary alicyclic amines) is 2. The second kappa shape index (κ2) is 11.2. The van der Waals surface area contributed by atoms with E-state index < -0.39 is 29.6 Å². The molecule has 39 heavy (non-hydrogen) atoms. The predicted molar refractivity (Wildman–Crippen MR) is 149 cm³/mol. The first-order valence-electron chi connectivity index (χ1n) is 14.7. The van der Waals surface area contributed by atoms with Gasteiger partial charge in [-0.25, -0.2) is 0 Å². The van der Waals surface area contributed by atoms with E-state index in [0.29, 0.717) is 23.8 Å². The van der Waals surface area contributed by atoms with Crippen LogP contribution < -0.4 is 10.6 Å². The topological polar surface area (TPSA) is 91.0 Å². The molecule has 4 aliphatic heterocycles. The molecule has 1 saturated carbocycles. The molecule has 1 aromatic rings. The molecule has 9 heteroatoms. The quantitative estimate of drug-likeness (QED) is 0.501. The Morgan fingerprint density at radius 2 is 1.74 bits per heavy atom. The number of benzene rings is 1. The smallest absolute Gasteiger partial charge is 0.246 e. The zero-order valence-corrected chi connectivity index (χ0v) is 23.2. The second-order valence-corrected chi connectivity index (χ2v) is 12.3. The first-order valence-corrected chi connectivity index (χ1v) is 15.1. The molecule has 5 aliphatic rings. The number of carbonyl (C=O) groups excluding carboxylic acids is 3. The average molecular weight is 555 g/mol. The summed E-state index contributed by atoms with van der Waals surface area (Å²) in [5.74, 6) is -2.05. The third-order valence-electron chi connectivity index (χ3n) is 9.32. The Hall–Kier alpha value is -2.42. The Kier molecular flexibility index (Phi) is 7.71. The summed E-state index contributed by atoms with van der Waals surface area (Å²) in [6.07, 6.45) is 13.3. The van der Waals surface area contributed by atoms with Crippen LogP contribution in [-0.2, 0) is 19.1 Å². The molecule has 3 saturated heterocycles. The first kappa shape index (κ1) is 26.8. The van der Waals surface area contributed by atoms with Gasteiger partial charge in [0.1, 0.15) is 11.6 Å². The lowest BCUT2D eigenvalue weighted by Gasteiger charge is -2.35. The molecule has 210 valence electrons. The molecule has 4 fully saturated rings. The average Bonchev–Trinajstić information content (AvgIpc) is 3.47. The third-order valence-corrected chi connectivity index (χ3v) is 9.56. The molecular weight excluding hydrogens is 516 g/mol. The molecule has 6 rings (SSSR count). The van der Waals surface area contributed by atoms with Crippen LogP contribution in [0.5, 0.6) is 0 Å². The minimum absolute atomic E-state index is 0.119. The predicted octanol–water partition coefficient (Wildman–Crippen LogP) is 3.75. The summed E-state index contributed by atoms with van der Waals surface area (Å²) in [6, 6.07) is 6.31. The van der Waals surface area contributed by atoms with E-state index in [1.807, 2.05) is 12.2 Å². The van der Waals surface area contributed by atoms with Gasteiger partial charge in [-0.2, -0.15) is 0 Å². The van der Waals surface area contributed by atoms with Gasteiger partial charge in [0.2, 0.25) is 17.7 Å². The third kappa shape index (κ3) is 5.11. The fourth-order valence-electron chi connectivity index (χ4n) is 7.44. The second-order valence-electron chi connectivity index (χ2n) is 11.8. The van der Waals surface area contributed by atoms with E-state index in [9.17, 15) is 14.4 Å². The van der Waals surface area contributed by atoms with E-state index >= 15 is 0 Å². The van der Waals surface area contributed by atoms with Crippen LogP contribution in [0.15, 0.2) is 36.4 Å². The Bertz CT molecular complexity index is 1130. The number of carbonyl (C=O) groups is 3. The fraction of sp³-hybridized carbons (Fsp3) is 0.633. The van der Waals surface area contributed by atoms with Crippen molar-refractivity contribution in [1.82, 2.24) is 15.1 Å². The van der Waals surface area contributed by atoms with Gasteiger partial charge >= 0.3 is 0 Å². The highest BCUT2D eigenvalue weighted by Crippen LogP contribution is 2.55. The number of rotatable bonds is 7. The minimum atomic E-state index is -1.13. The standard InChI is InChI=1S/C30H39ClN4O4/c31-20-9-8-12-22(19-20)33-27(36)24-23-13-14-30(39-23)25(24)29(38)35(18-17-34-15-6-1-2-7-16-34)26(30)28(37)32-21-10-4-3-5-11-21/h8-9,12-14,19,21,23-26H,1-7,10-11,15-18H2,(H,32,37)(H,33,36)/t23-,24-,25-,26+,30-/m0/s1. The largest absolute Gasteiger partial charge is 0.359 e. The van der Waals surface area contributed by atoms with Crippen molar-refractivity contribution in [2.45, 2.75) is 81.6 Å². The fourth-order valence-corrected chi connectivity index (χ4v) is 7.63. The zero-order valence-electron chi connectivity index (χ0n) is 22.4. The number of hydrogen-bond acceptors (Lipinski definition) is 5. The molecule has 1 spiro atoms. The maximum absolute atomic E-state index is 14.2. The normalized spacial score (nSPS) is 32.7. The molecule has 1 aliphatic carbocycles. The lowest BCUT2D eigenvalue weighted by atomic mass is 9.74. The van der Waals surface area contributed by atoms with Gasteiger partial charge in [-0.1, -0.05) is 61.9 Å². The van der Waals surface area contributed by atoms with Crippen LogP contribution in [0.4, 0.5) is 5.69 Å². The number of amides is 3. The molecule has 2 bridgehead atoms. The SMILES string of the molecule is O=C(Nc1cccc(Cl)c1)[C@H]1[C@@H]2C=C[C@]3(O2)[C@@H]1C(=O)N(CCN1CCCCCC1)[C@@H]3C(=O)NC1CCCCC1. The molecule has 5 atom stereocenters. The first-order chi connectivity index (χ1) is 19.0. The summed E-state index contributed by atoms with van der Waals surface area (Å²) in [5.41, 5.74) is -0.557. The van der Waals surface area contributed by atoms with Crippen LogP contribution in [0.2, 0.25) is 5.02 Å². The molecule has 4 heterocycles. The van der Waals surface area contributed by atoms with E-state index in [4.69, 9.17) is 16.3 Å². The molecule has 8 nitrogen and oxygen atoms in total. The van der Waals surface area contributed by atoms with Crippen molar-refractivity contribution in [2.75, 3.05) is 31.5 Å². The number of anilines is 1. The van der Waals surface area contributed by atoms with Crippen molar-refractivity contribution < 1.29 is 19.1 Å². The van der Waals surface area contributed by atoms with Crippen molar-refractivity contribution in [3.05, 3.63) is 41.4 Å².